The minimum absolute atomic E-state index is 0.372. The number of carbonyl (C=O) groups excluding carboxylic acids is 1. The minimum atomic E-state index is -0.392. The normalized spacial score (nSPS) is 10.1. The van der Waals surface area contributed by atoms with Crippen LogP contribution in [-0.2, 0) is 4.74 Å². The van der Waals surface area contributed by atoms with Gasteiger partial charge in [0.1, 0.15) is 12.0 Å². The molecule has 0 aliphatic heterocycles. The van der Waals surface area contributed by atoms with Gasteiger partial charge in [-0.15, -0.1) is 0 Å². The van der Waals surface area contributed by atoms with E-state index in [2.05, 4.69) is 30.3 Å². The van der Waals surface area contributed by atoms with Crippen LogP contribution in [0.2, 0.25) is 0 Å². The summed E-state index contributed by atoms with van der Waals surface area (Å²) in [5.74, 6) is 0.546. The highest BCUT2D eigenvalue weighted by Crippen LogP contribution is 2.27. The van der Waals surface area contributed by atoms with Gasteiger partial charge >= 0.3 is 5.97 Å². The molecule has 0 aliphatic carbocycles. The first-order valence-electron chi connectivity index (χ1n) is 7.40. The number of hydrogen-bond acceptors (Lipinski definition) is 8. The second kappa shape index (κ2) is 7.26. The number of methoxy groups -OCH3 is 1. The van der Waals surface area contributed by atoms with Crippen molar-refractivity contribution in [2.75, 3.05) is 23.5 Å². The lowest BCUT2D eigenvalue weighted by atomic mass is 10.2. The summed E-state index contributed by atoms with van der Waals surface area (Å²) in [4.78, 5) is 23.7. The van der Waals surface area contributed by atoms with Crippen molar-refractivity contribution >= 4 is 34.7 Å². The molecule has 3 aromatic rings. The van der Waals surface area contributed by atoms with E-state index in [0.717, 1.165) is 11.4 Å². The molecule has 0 bridgehead atoms. The Bertz CT molecular complexity index is 868. The van der Waals surface area contributed by atoms with Gasteiger partial charge in [-0.1, -0.05) is 0 Å². The molecule has 0 unspecified atom stereocenters. The summed E-state index contributed by atoms with van der Waals surface area (Å²) in [6, 6.07) is 10.4. The third-order valence-electron chi connectivity index (χ3n) is 3.40. The van der Waals surface area contributed by atoms with Gasteiger partial charge in [-0.2, -0.15) is 0 Å². The lowest BCUT2D eigenvalue weighted by Gasteiger charge is -2.12. The molecule has 126 valence electrons. The van der Waals surface area contributed by atoms with Crippen LogP contribution in [-0.4, -0.2) is 28.0 Å². The molecule has 4 N–H and O–H groups in total. The summed E-state index contributed by atoms with van der Waals surface area (Å²) in [5.41, 5.74) is 8.52. The zero-order chi connectivity index (χ0) is 17.6. The van der Waals surface area contributed by atoms with E-state index in [0.29, 0.717) is 22.9 Å². The SMILES string of the molecule is COC(=O)c1ccc(Nc2ncnc(Nc3ccncc3)c2N)cc1. The molecule has 0 amide bonds. The third kappa shape index (κ3) is 3.81. The Kier molecular flexibility index (Phi) is 4.70. The van der Waals surface area contributed by atoms with Crippen molar-refractivity contribution in [3.63, 3.8) is 0 Å². The fourth-order valence-corrected chi connectivity index (χ4v) is 2.11. The van der Waals surface area contributed by atoms with Crippen molar-refractivity contribution in [2.45, 2.75) is 0 Å². The molecule has 3 rings (SSSR count). The van der Waals surface area contributed by atoms with Crippen LogP contribution >= 0.6 is 0 Å². The monoisotopic (exact) mass is 336 g/mol. The molecule has 0 radical (unpaired) electrons. The summed E-state index contributed by atoms with van der Waals surface area (Å²) in [5, 5.41) is 6.21. The number of nitrogens with one attached hydrogen (secondary N) is 2. The van der Waals surface area contributed by atoms with E-state index in [4.69, 9.17) is 5.73 Å². The maximum Gasteiger partial charge on any atom is 0.337 e. The van der Waals surface area contributed by atoms with E-state index in [1.807, 2.05) is 0 Å². The number of nitrogen functional groups attached to an aromatic ring is 1. The van der Waals surface area contributed by atoms with Crippen LogP contribution in [0, 0.1) is 0 Å². The number of hydrogen-bond donors (Lipinski definition) is 3. The van der Waals surface area contributed by atoms with Crippen molar-refractivity contribution in [3.05, 3.63) is 60.7 Å². The Morgan fingerprint density at radius 1 is 0.960 bits per heavy atom. The number of nitrogens with zero attached hydrogens (tertiary/aromatic N) is 3. The highest BCUT2D eigenvalue weighted by Gasteiger charge is 2.10. The first-order valence-corrected chi connectivity index (χ1v) is 7.40. The van der Waals surface area contributed by atoms with Crippen LogP contribution in [0.5, 0.6) is 0 Å². The Morgan fingerprint density at radius 2 is 1.52 bits per heavy atom. The molecule has 8 nitrogen and oxygen atoms in total. The molecule has 1 aromatic carbocycles. The molecule has 2 heterocycles. The Balaban J connectivity index is 1.79. The molecule has 0 saturated carbocycles. The van der Waals surface area contributed by atoms with Crippen LogP contribution in [0.4, 0.5) is 28.7 Å². The average Bonchev–Trinajstić information content (AvgIpc) is 2.66. The van der Waals surface area contributed by atoms with E-state index in [9.17, 15) is 4.79 Å². The van der Waals surface area contributed by atoms with Crippen LogP contribution < -0.4 is 16.4 Å². The van der Waals surface area contributed by atoms with Crippen LogP contribution in [0.3, 0.4) is 0 Å². The van der Waals surface area contributed by atoms with Gasteiger partial charge in [-0.3, -0.25) is 4.98 Å². The first-order chi connectivity index (χ1) is 12.2. The molecular weight excluding hydrogens is 320 g/mol. The van der Waals surface area contributed by atoms with Gasteiger partial charge in [0.15, 0.2) is 11.6 Å². The second-order valence-corrected chi connectivity index (χ2v) is 5.04. The van der Waals surface area contributed by atoms with Gasteiger partial charge in [-0.05, 0) is 36.4 Å². The van der Waals surface area contributed by atoms with E-state index >= 15 is 0 Å². The smallest absolute Gasteiger partial charge is 0.337 e. The Labute approximate surface area is 144 Å². The summed E-state index contributed by atoms with van der Waals surface area (Å²) < 4.78 is 4.67. The molecule has 8 heteroatoms. The minimum Gasteiger partial charge on any atom is -0.465 e. The van der Waals surface area contributed by atoms with Gasteiger partial charge in [-0.25, -0.2) is 14.8 Å². The predicted octanol–water partition coefficient (Wildman–Crippen LogP) is 2.73. The maximum absolute atomic E-state index is 11.5. The maximum atomic E-state index is 11.5. The van der Waals surface area contributed by atoms with Crippen molar-refractivity contribution in [1.82, 2.24) is 15.0 Å². The lowest BCUT2D eigenvalue weighted by molar-refractivity contribution is 0.0601. The molecule has 0 atom stereocenters. The van der Waals surface area contributed by atoms with Gasteiger partial charge in [0, 0.05) is 23.8 Å². The first kappa shape index (κ1) is 16.2. The molecule has 0 spiro atoms. The number of anilines is 5. The predicted molar refractivity (Wildman–Crippen MR) is 95.0 cm³/mol. The number of pyridine rings is 1. The van der Waals surface area contributed by atoms with E-state index in [1.165, 1.54) is 13.4 Å². The van der Waals surface area contributed by atoms with Crippen molar-refractivity contribution in [1.29, 1.82) is 0 Å². The topological polar surface area (TPSA) is 115 Å². The van der Waals surface area contributed by atoms with Crippen molar-refractivity contribution < 1.29 is 9.53 Å². The van der Waals surface area contributed by atoms with E-state index < -0.39 is 5.97 Å². The number of benzene rings is 1. The summed E-state index contributed by atoms with van der Waals surface area (Å²) in [6.45, 7) is 0. The van der Waals surface area contributed by atoms with Crippen LogP contribution in [0.15, 0.2) is 55.1 Å². The highest BCUT2D eigenvalue weighted by molar-refractivity contribution is 5.90. The number of nitrogens with two attached hydrogens (primary N) is 1. The molecule has 0 aliphatic rings. The zero-order valence-electron chi connectivity index (χ0n) is 13.4. The van der Waals surface area contributed by atoms with Crippen molar-refractivity contribution in [3.8, 4) is 0 Å². The van der Waals surface area contributed by atoms with Gasteiger partial charge < -0.3 is 21.1 Å². The van der Waals surface area contributed by atoms with Gasteiger partial charge in [0.05, 0.1) is 12.7 Å². The van der Waals surface area contributed by atoms with Gasteiger partial charge in [0.2, 0.25) is 0 Å². The molecule has 0 fully saturated rings. The second-order valence-electron chi connectivity index (χ2n) is 5.04. The molecule has 0 saturated heterocycles. The molecule has 2 aromatic heterocycles. The number of ether oxygens (including phenoxy) is 1. The lowest BCUT2D eigenvalue weighted by Crippen LogP contribution is -2.05. The highest BCUT2D eigenvalue weighted by atomic mass is 16.5. The quantitative estimate of drug-likeness (QED) is 0.609. The van der Waals surface area contributed by atoms with E-state index in [1.54, 1.807) is 48.8 Å². The van der Waals surface area contributed by atoms with Crippen LogP contribution in [0.25, 0.3) is 0 Å². The van der Waals surface area contributed by atoms with Crippen LogP contribution in [0.1, 0.15) is 10.4 Å². The largest absolute Gasteiger partial charge is 0.465 e. The number of carbonyl (C=O) groups is 1. The Hall–Kier alpha value is -3.68. The van der Waals surface area contributed by atoms with E-state index in [-0.39, 0.29) is 0 Å². The number of aromatic nitrogens is 3. The average molecular weight is 336 g/mol. The fourth-order valence-electron chi connectivity index (χ4n) is 2.11. The summed E-state index contributed by atoms with van der Waals surface area (Å²) in [6.07, 6.45) is 4.74. The number of rotatable bonds is 5. The Morgan fingerprint density at radius 3 is 2.08 bits per heavy atom. The summed E-state index contributed by atoms with van der Waals surface area (Å²) in [7, 11) is 1.34. The van der Waals surface area contributed by atoms with Gasteiger partial charge in [0.25, 0.3) is 0 Å². The molecular formula is C17H16N6O2. The third-order valence-corrected chi connectivity index (χ3v) is 3.40. The molecule has 25 heavy (non-hydrogen) atoms. The fraction of sp³-hybridized carbons (Fsp3) is 0.0588. The zero-order valence-corrected chi connectivity index (χ0v) is 13.4. The standard InChI is InChI=1S/C17H16N6O2/c1-25-17(24)11-2-4-12(5-3-11)22-15-14(18)16(21-10-20-15)23-13-6-8-19-9-7-13/h2-10H,18H2,1H3,(H2,19,20,21,22,23). The van der Waals surface area contributed by atoms with Crippen molar-refractivity contribution in [2.24, 2.45) is 0 Å². The number of esters is 1. The summed E-state index contributed by atoms with van der Waals surface area (Å²) >= 11 is 0.